The second-order valence-corrected chi connectivity index (χ2v) is 4.27. The van der Waals surface area contributed by atoms with E-state index < -0.39 is 0 Å². The molecule has 0 unspecified atom stereocenters. The van der Waals surface area contributed by atoms with Crippen molar-refractivity contribution in [2.75, 3.05) is 7.11 Å². The molecule has 1 amide bonds. The fourth-order valence-electron chi connectivity index (χ4n) is 1.95. The molecule has 0 aliphatic heterocycles. The van der Waals surface area contributed by atoms with E-state index in [9.17, 15) is 4.79 Å². The molecule has 4 heteroatoms. The number of nitrogens with one attached hydrogen (secondary N) is 1. The smallest absolute Gasteiger partial charge is 0.233 e. The van der Waals surface area contributed by atoms with Crippen LogP contribution >= 0.6 is 0 Å². The monoisotopic (exact) mass is 250 g/mol. The molecule has 1 rings (SSSR count). The lowest BCUT2D eigenvalue weighted by Crippen LogP contribution is -2.29. The summed E-state index contributed by atoms with van der Waals surface area (Å²) in [5, 5.41) is 0. The molecule has 0 heterocycles. The Morgan fingerprint density at radius 3 is 2.78 bits per heavy atom. The van der Waals surface area contributed by atoms with E-state index >= 15 is 0 Å². The Morgan fingerprint density at radius 2 is 2.17 bits per heavy atom. The van der Waals surface area contributed by atoms with E-state index in [1.807, 2.05) is 6.07 Å². The molecule has 0 saturated carbocycles. The van der Waals surface area contributed by atoms with Gasteiger partial charge in [-0.3, -0.25) is 10.2 Å². The Kier molecular flexibility index (Phi) is 6.22. The van der Waals surface area contributed by atoms with E-state index in [2.05, 4.69) is 24.5 Å². The average Bonchev–Trinajstić information content (AvgIpc) is 2.42. The highest BCUT2D eigenvalue weighted by Crippen LogP contribution is 2.21. The van der Waals surface area contributed by atoms with Crippen LogP contribution in [0.25, 0.3) is 0 Å². The van der Waals surface area contributed by atoms with Crippen molar-refractivity contribution >= 4 is 5.91 Å². The zero-order valence-electron chi connectivity index (χ0n) is 11.2. The number of ether oxygens (including phenoxy) is 1. The second kappa shape index (κ2) is 7.71. The molecule has 0 aromatic heterocycles. The fraction of sp³-hybridized carbons (Fsp3) is 0.500. The van der Waals surface area contributed by atoms with Crippen LogP contribution in [0.2, 0.25) is 0 Å². The maximum atomic E-state index is 11.0. The first-order chi connectivity index (χ1) is 8.71. The molecule has 1 aromatic rings. The fourth-order valence-corrected chi connectivity index (χ4v) is 1.95. The van der Waals surface area contributed by atoms with E-state index in [1.54, 1.807) is 7.11 Å². The third kappa shape index (κ3) is 4.37. The van der Waals surface area contributed by atoms with Gasteiger partial charge in [-0.1, -0.05) is 19.1 Å². The van der Waals surface area contributed by atoms with Gasteiger partial charge < -0.3 is 4.74 Å². The maximum absolute atomic E-state index is 11.0. The summed E-state index contributed by atoms with van der Waals surface area (Å²) in [7, 11) is 1.69. The number of rotatable bonds is 7. The summed E-state index contributed by atoms with van der Waals surface area (Å²) in [6.45, 7) is 2.12. The van der Waals surface area contributed by atoms with Gasteiger partial charge in [-0.2, -0.15) is 0 Å². The third-order valence-electron chi connectivity index (χ3n) is 3.01. The van der Waals surface area contributed by atoms with Crippen LogP contribution < -0.4 is 16.0 Å². The summed E-state index contributed by atoms with van der Waals surface area (Å²) in [5.74, 6) is 5.87. The SMILES string of the molecule is CCc1cc(CCCCC(=O)NN)ccc1OC. The minimum atomic E-state index is -0.0982. The molecule has 100 valence electrons. The van der Waals surface area contributed by atoms with Crippen molar-refractivity contribution in [1.29, 1.82) is 0 Å². The number of aryl methyl sites for hydroxylation is 2. The number of hydrogen-bond donors (Lipinski definition) is 2. The number of benzene rings is 1. The molecule has 3 N–H and O–H groups in total. The summed E-state index contributed by atoms with van der Waals surface area (Å²) in [5.41, 5.74) is 4.67. The minimum Gasteiger partial charge on any atom is -0.496 e. The van der Waals surface area contributed by atoms with E-state index in [0.29, 0.717) is 6.42 Å². The topological polar surface area (TPSA) is 64.4 Å². The standard InChI is InChI=1S/C14H22N2O2/c1-3-12-10-11(8-9-13(12)18-2)6-4-5-7-14(17)16-15/h8-10H,3-7,15H2,1-2H3,(H,16,17). The predicted octanol–water partition coefficient (Wildman–Crippen LogP) is 1.96. The molecule has 4 nitrogen and oxygen atoms in total. The Labute approximate surface area is 108 Å². The molecule has 0 atom stereocenters. The first kappa shape index (κ1) is 14.5. The van der Waals surface area contributed by atoms with E-state index in [1.165, 1.54) is 11.1 Å². The summed E-state index contributed by atoms with van der Waals surface area (Å²) in [4.78, 5) is 11.0. The lowest BCUT2D eigenvalue weighted by molar-refractivity contribution is -0.121. The summed E-state index contributed by atoms with van der Waals surface area (Å²) in [6.07, 6.45) is 4.29. The molecule has 18 heavy (non-hydrogen) atoms. The van der Waals surface area contributed by atoms with Gasteiger partial charge in [0.15, 0.2) is 0 Å². The molecule has 0 saturated heterocycles. The number of nitrogens with two attached hydrogens (primary N) is 1. The second-order valence-electron chi connectivity index (χ2n) is 4.27. The molecule has 1 aromatic carbocycles. The number of unbranched alkanes of at least 4 members (excludes halogenated alkanes) is 1. The van der Waals surface area contributed by atoms with Crippen molar-refractivity contribution < 1.29 is 9.53 Å². The molecule has 0 radical (unpaired) electrons. The number of methoxy groups -OCH3 is 1. The Balaban J connectivity index is 2.45. The maximum Gasteiger partial charge on any atom is 0.233 e. The summed E-state index contributed by atoms with van der Waals surface area (Å²) < 4.78 is 5.30. The average molecular weight is 250 g/mol. The van der Waals surface area contributed by atoms with Crippen molar-refractivity contribution in [3.05, 3.63) is 29.3 Å². The van der Waals surface area contributed by atoms with Crippen molar-refractivity contribution in [3.8, 4) is 5.75 Å². The predicted molar refractivity (Wildman–Crippen MR) is 72.3 cm³/mol. The molecule has 0 fully saturated rings. The molecule has 0 bridgehead atoms. The first-order valence-corrected chi connectivity index (χ1v) is 6.36. The van der Waals surface area contributed by atoms with E-state index in [4.69, 9.17) is 10.6 Å². The highest BCUT2D eigenvalue weighted by Gasteiger charge is 2.03. The van der Waals surface area contributed by atoms with Gasteiger partial charge in [-0.25, -0.2) is 5.84 Å². The van der Waals surface area contributed by atoms with Crippen molar-refractivity contribution in [1.82, 2.24) is 5.43 Å². The summed E-state index contributed by atoms with van der Waals surface area (Å²) in [6, 6.07) is 6.28. The van der Waals surface area contributed by atoms with E-state index in [-0.39, 0.29) is 5.91 Å². The Morgan fingerprint density at radius 1 is 1.39 bits per heavy atom. The van der Waals surface area contributed by atoms with Crippen molar-refractivity contribution in [2.45, 2.75) is 39.0 Å². The largest absolute Gasteiger partial charge is 0.496 e. The van der Waals surface area contributed by atoms with Crippen LogP contribution in [-0.2, 0) is 17.6 Å². The normalized spacial score (nSPS) is 10.2. The quantitative estimate of drug-likeness (QED) is 0.336. The zero-order valence-corrected chi connectivity index (χ0v) is 11.2. The van der Waals surface area contributed by atoms with Crippen LogP contribution in [0, 0.1) is 0 Å². The number of hydrazine groups is 1. The van der Waals surface area contributed by atoms with Crippen LogP contribution in [0.3, 0.4) is 0 Å². The van der Waals surface area contributed by atoms with Crippen molar-refractivity contribution in [2.24, 2.45) is 5.84 Å². The third-order valence-corrected chi connectivity index (χ3v) is 3.01. The molecular weight excluding hydrogens is 228 g/mol. The van der Waals surface area contributed by atoms with Gasteiger partial charge in [0.25, 0.3) is 0 Å². The first-order valence-electron chi connectivity index (χ1n) is 6.36. The number of amides is 1. The highest BCUT2D eigenvalue weighted by atomic mass is 16.5. The van der Waals surface area contributed by atoms with Crippen LogP contribution in [-0.4, -0.2) is 13.0 Å². The van der Waals surface area contributed by atoms with Gasteiger partial charge in [0.1, 0.15) is 5.75 Å². The number of hydrogen-bond acceptors (Lipinski definition) is 3. The molecule has 0 aliphatic carbocycles. The lowest BCUT2D eigenvalue weighted by atomic mass is 10.0. The van der Waals surface area contributed by atoms with Crippen LogP contribution in [0.4, 0.5) is 0 Å². The minimum absolute atomic E-state index is 0.0982. The molecule has 0 aliphatic rings. The molecule has 0 spiro atoms. The Bertz CT molecular complexity index is 391. The van der Waals surface area contributed by atoms with Gasteiger partial charge in [-0.05, 0) is 42.9 Å². The molecular formula is C14H22N2O2. The van der Waals surface area contributed by atoms with Gasteiger partial charge in [0, 0.05) is 6.42 Å². The highest BCUT2D eigenvalue weighted by molar-refractivity contribution is 5.75. The lowest BCUT2D eigenvalue weighted by Gasteiger charge is -2.09. The van der Waals surface area contributed by atoms with Crippen LogP contribution in [0.15, 0.2) is 18.2 Å². The zero-order chi connectivity index (χ0) is 13.4. The van der Waals surface area contributed by atoms with Crippen LogP contribution in [0.1, 0.15) is 37.3 Å². The van der Waals surface area contributed by atoms with Gasteiger partial charge in [0.05, 0.1) is 7.11 Å². The number of carbonyl (C=O) groups excluding carboxylic acids is 1. The van der Waals surface area contributed by atoms with Crippen molar-refractivity contribution in [3.63, 3.8) is 0 Å². The number of carbonyl (C=O) groups is 1. The van der Waals surface area contributed by atoms with Crippen LogP contribution in [0.5, 0.6) is 5.75 Å². The van der Waals surface area contributed by atoms with Gasteiger partial charge in [-0.15, -0.1) is 0 Å². The van der Waals surface area contributed by atoms with Gasteiger partial charge in [0.2, 0.25) is 5.91 Å². The van der Waals surface area contributed by atoms with Gasteiger partial charge >= 0.3 is 0 Å². The Hall–Kier alpha value is -1.55. The van der Waals surface area contributed by atoms with E-state index in [0.717, 1.165) is 31.4 Å². The summed E-state index contributed by atoms with van der Waals surface area (Å²) >= 11 is 0.